The van der Waals surface area contributed by atoms with Gasteiger partial charge in [-0.05, 0) is 57.1 Å². The predicted molar refractivity (Wildman–Crippen MR) is 302 cm³/mol. The highest BCUT2D eigenvalue weighted by Crippen LogP contribution is 2.52. The van der Waals surface area contributed by atoms with Gasteiger partial charge in [-0.2, -0.15) is 0 Å². The van der Waals surface area contributed by atoms with Gasteiger partial charge in [-0.25, -0.2) is 4.79 Å². The van der Waals surface area contributed by atoms with Crippen LogP contribution in [0, 0.1) is 0 Å². The first-order valence-corrected chi connectivity index (χ1v) is 29.8. The molecule has 6 aromatic rings. The van der Waals surface area contributed by atoms with Gasteiger partial charge in [0.15, 0.2) is 18.7 Å². The number of benzene rings is 6. The van der Waals surface area contributed by atoms with Crippen molar-refractivity contribution in [3.8, 4) is 0 Å². The molecule has 3 saturated heterocycles. The van der Waals surface area contributed by atoms with E-state index in [1.165, 1.54) is 0 Å². The van der Waals surface area contributed by atoms with Crippen LogP contribution in [0.15, 0.2) is 182 Å². The quantitative estimate of drug-likeness (QED) is 0.0471. The van der Waals surface area contributed by atoms with Crippen LogP contribution in [-0.2, 0) is 81.1 Å². The van der Waals surface area contributed by atoms with E-state index in [-0.39, 0.29) is 38.1 Å². The molecule has 0 spiro atoms. The van der Waals surface area contributed by atoms with Crippen LogP contribution in [0.3, 0.4) is 0 Å². The molecular formula is C65H76O14Si. The number of methoxy groups -OCH3 is 3. The lowest BCUT2D eigenvalue weighted by Gasteiger charge is -2.61. The van der Waals surface area contributed by atoms with E-state index in [0.29, 0.717) is 18.4 Å². The number of carbonyl (C=O) groups excluding carboxylic acids is 1. The highest BCUT2D eigenvalue weighted by Gasteiger charge is 2.68. The second-order valence-electron chi connectivity index (χ2n) is 21.9. The smallest absolute Gasteiger partial charge is 0.338 e. The summed E-state index contributed by atoms with van der Waals surface area (Å²) in [4.78, 5) is 14.6. The Morgan fingerprint density at radius 3 is 1.49 bits per heavy atom. The van der Waals surface area contributed by atoms with Gasteiger partial charge >= 0.3 is 5.97 Å². The average molecular weight is 1110 g/mol. The molecule has 0 bridgehead atoms. The molecule has 424 valence electrons. The molecular weight excluding hydrogens is 1030 g/mol. The SMILES string of the molecule is CO[C@H]1O[C@H](CO[Si](c2ccccc2)(c2ccccc2)C(C)(C)C)[C@H]2O[C@@]3(OC)CCCC[C@]3(OC)O[C@@H]2[C@@H]1O[C@H]1O[C@H](COCc2ccccc2)[C@@H](OCc2ccccc2)[C@H](OCc2ccccc2)[C@@H]1OC(=O)c1ccccc1. The highest BCUT2D eigenvalue weighted by atomic mass is 28.4. The Balaban J connectivity index is 1.06. The topological polar surface area (TPSA) is 137 Å². The minimum Gasteiger partial charge on any atom is -0.450 e. The largest absolute Gasteiger partial charge is 0.450 e. The summed E-state index contributed by atoms with van der Waals surface area (Å²) in [5.41, 5.74) is 3.11. The van der Waals surface area contributed by atoms with E-state index in [0.717, 1.165) is 39.9 Å². The molecule has 0 N–H and O–H groups in total. The Morgan fingerprint density at radius 2 is 0.988 bits per heavy atom. The summed E-state index contributed by atoms with van der Waals surface area (Å²) in [7, 11) is 1.66. The Kier molecular flexibility index (Phi) is 18.9. The van der Waals surface area contributed by atoms with E-state index >= 15 is 0 Å². The van der Waals surface area contributed by atoms with Gasteiger partial charge in [0.2, 0.25) is 11.6 Å². The predicted octanol–water partition coefficient (Wildman–Crippen LogP) is 9.70. The second kappa shape index (κ2) is 26.2. The lowest BCUT2D eigenvalue weighted by atomic mass is 9.83. The third-order valence-corrected chi connectivity index (χ3v) is 21.0. The van der Waals surface area contributed by atoms with Crippen molar-refractivity contribution in [3.63, 3.8) is 0 Å². The first-order valence-electron chi connectivity index (χ1n) is 27.9. The minimum absolute atomic E-state index is 0.0457. The molecule has 10 rings (SSSR count). The molecule has 4 aliphatic rings. The van der Waals surface area contributed by atoms with Crippen molar-refractivity contribution in [3.05, 3.63) is 204 Å². The number of fused-ring (bicyclic) bond motifs is 2. The summed E-state index contributed by atoms with van der Waals surface area (Å²) < 4.78 is 90.5. The van der Waals surface area contributed by atoms with Crippen molar-refractivity contribution in [2.75, 3.05) is 34.5 Å². The molecule has 14 nitrogen and oxygen atoms in total. The third kappa shape index (κ3) is 12.3. The molecule has 1 aliphatic carbocycles. The lowest BCUT2D eigenvalue weighted by Crippen LogP contribution is -2.76. The van der Waals surface area contributed by atoms with Crippen molar-refractivity contribution < 1.29 is 66.1 Å². The molecule has 0 unspecified atom stereocenters. The molecule has 80 heavy (non-hydrogen) atoms. The van der Waals surface area contributed by atoms with Gasteiger partial charge in [0.05, 0.1) is 38.6 Å². The summed E-state index contributed by atoms with van der Waals surface area (Å²) in [6.45, 7) is 7.45. The zero-order valence-electron chi connectivity index (χ0n) is 46.7. The van der Waals surface area contributed by atoms with E-state index < -0.39 is 87.3 Å². The van der Waals surface area contributed by atoms with Crippen molar-refractivity contribution >= 4 is 24.7 Å². The normalized spacial score (nSPS) is 28.8. The molecule has 6 aromatic carbocycles. The van der Waals surface area contributed by atoms with E-state index in [1.807, 2.05) is 109 Å². The number of rotatable bonds is 22. The fraction of sp³-hybridized carbons (Fsp3) is 0.431. The highest BCUT2D eigenvalue weighted by molar-refractivity contribution is 6.99. The molecule has 3 heterocycles. The van der Waals surface area contributed by atoms with Gasteiger partial charge in [-0.15, -0.1) is 0 Å². The van der Waals surface area contributed by atoms with Crippen LogP contribution in [0.1, 0.15) is 73.5 Å². The first kappa shape index (κ1) is 57.8. The minimum atomic E-state index is -3.14. The molecule has 1 saturated carbocycles. The van der Waals surface area contributed by atoms with Crippen LogP contribution in [-0.4, -0.2) is 122 Å². The maximum atomic E-state index is 14.6. The van der Waals surface area contributed by atoms with E-state index in [2.05, 4.69) is 69.3 Å². The van der Waals surface area contributed by atoms with Gasteiger partial charge in [-0.1, -0.05) is 191 Å². The summed E-state index contributed by atoms with van der Waals surface area (Å²) in [5, 5.41) is 1.87. The van der Waals surface area contributed by atoms with Crippen LogP contribution < -0.4 is 10.4 Å². The Morgan fingerprint density at radius 1 is 0.525 bits per heavy atom. The zero-order chi connectivity index (χ0) is 55.6. The molecule has 0 aromatic heterocycles. The maximum absolute atomic E-state index is 14.6. The summed E-state index contributed by atoms with van der Waals surface area (Å²) >= 11 is 0. The van der Waals surface area contributed by atoms with Crippen LogP contribution in [0.4, 0.5) is 0 Å². The molecule has 0 radical (unpaired) electrons. The number of hydrogen-bond donors (Lipinski definition) is 0. The van der Waals surface area contributed by atoms with Gasteiger partial charge < -0.3 is 61.3 Å². The summed E-state index contributed by atoms with van der Waals surface area (Å²) in [6.07, 6.45) is -7.72. The average Bonchev–Trinajstić information content (AvgIpc) is 3.61. The van der Waals surface area contributed by atoms with E-state index in [9.17, 15) is 4.79 Å². The third-order valence-electron chi connectivity index (χ3n) is 16.0. The number of ether oxygens (including phenoxy) is 12. The van der Waals surface area contributed by atoms with Crippen LogP contribution in [0.2, 0.25) is 5.04 Å². The lowest BCUT2D eigenvalue weighted by molar-refractivity contribution is -0.501. The fourth-order valence-corrected chi connectivity index (χ4v) is 16.6. The standard InChI is InChI=1S/C65H76O14Si/c1-63(2,3)80(50-35-21-11-22-36-50,51-37-23-12-24-38-51)73-45-53-55-57(79-65(69-6)40-26-25-39-64(65,68-5)78-55)59(61(67-4)74-53)77-62-58(76-60(66)49-33-19-10-20-34-49)56(72-43-48-31-17-9-18-32-48)54(71-42-47-29-15-8-16-30-47)52(75-62)44-70-41-46-27-13-7-14-28-46/h7-24,27-38,52-59,61-62H,25-26,39-45H2,1-6H3/t52-,53-,54-,55-,56+,57+,58+,59+,61+,62-,64+,65+/m1/s1. The van der Waals surface area contributed by atoms with Crippen molar-refractivity contribution in [2.24, 2.45) is 0 Å². The van der Waals surface area contributed by atoms with Crippen LogP contribution in [0.5, 0.6) is 0 Å². The first-order chi connectivity index (χ1) is 39.0. The molecule has 4 fully saturated rings. The summed E-state index contributed by atoms with van der Waals surface area (Å²) in [5.74, 6) is -3.33. The van der Waals surface area contributed by atoms with Crippen molar-refractivity contribution in [2.45, 2.75) is 144 Å². The molecule has 15 heteroatoms. The molecule has 0 amide bonds. The van der Waals surface area contributed by atoms with Gasteiger partial charge in [-0.3, -0.25) is 0 Å². The Bertz CT molecular complexity index is 2790. The monoisotopic (exact) mass is 1110 g/mol. The maximum Gasteiger partial charge on any atom is 0.338 e. The fourth-order valence-electron chi connectivity index (χ4n) is 12.0. The van der Waals surface area contributed by atoms with E-state index in [4.69, 9.17) is 61.3 Å². The molecule has 12 atom stereocenters. The zero-order valence-corrected chi connectivity index (χ0v) is 47.7. The summed E-state index contributed by atoms with van der Waals surface area (Å²) in [6, 6.07) is 59.3. The number of esters is 1. The van der Waals surface area contributed by atoms with E-state index in [1.54, 1.807) is 45.6 Å². The van der Waals surface area contributed by atoms with Gasteiger partial charge in [0, 0.05) is 34.2 Å². The Hall–Kier alpha value is -5.47. The van der Waals surface area contributed by atoms with Crippen molar-refractivity contribution in [1.29, 1.82) is 0 Å². The second-order valence-corrected chi connectivity index (χ2v) is 26.2. The Labute approximate surface area is 471 Å². The number of carbonyl (C=O) groups is 1. The number of hydrogen-bond acceptors (Lipinski definition) is 14. The van der Waals surface area contributed by atoms with Gasteiger partial charge in [0.1, 0.15) is 42.7 Å². The molecule has 3 aliphatic heterocycles. The van der Waals surface area contributed by atoms with Gasteiger partial charge in [0.25, 0.3) is 8.32 Å². The van der Waals surface area contributed by atoms with Crippen LogP contribution in [0.25, 0.3) is 0 Å². The van der Waals surface area contributed by atoms with Crippen molar-refractivity contribution in [1.82, 2.24) is 0 Å². The van der Waals surface area contributed by atoms with Crippen LogP contribution >= 0.6 is 0 Å².